The molecule has 0 bridgehead atoms. The highest BCUT2D eigenvalue weighted by Crippen LogP contribution is 2.31. The Bertz CT molecular complexity index is 485. The largest absolute Gasteiger partial charge is 0.469 e. The summed E-state index contributed by atoms with van der Waals surface area (Å²) in [4.78, 5) is 15.5. The summed E-state index contributed by atoms with van der Waals surface area (Å²) in [6, 6.07) is 4.01. The highest BCUT2D eigenvalue weighted by atomic mass is 16.5. The summed E-state index contributed by atoms with van der Waals surface area (Å²) in [5, 5.41) is 8.85. The van der Waals surface area contributed by atoms with Gasteiger partial charge in [-0.25, -0.2) is 0 Å². The van der Waals surface area contributed by atoms with Gasteiger partial charge >= 0.3 is 5.97 Å². The average molecular weight is 258 g/mol. The third-order valence-corrected chi connectivity index (χ3v) is 3.83. The van der Waals surface area contributed by atoms with Crippen molar-refractivity contribution in [3.8, 4) is 6.07 Å². The normalized spacial score (nSPS) is 22.5. The number of rotatable bonds is 3. The molecule has 1 aromatic rings. The lowest BCUT2D eigenvalue weighted by atomic mass is 9.79. The van der Waals surface area contributed by atoms with E-state index in [1.54, 1.807) is 6.20 Å². The number of carbonyl (C=O) groups is 1. The fourth-order valence-electron chi connectivity index (χ4n) is 2.76. The van der Waals surface area contributed by atoms with Crippen LogP contribution in [0.3, 0.4) is 0 Å². The second-order valence-corrected chi connectivity index (χ2v) is 5.14. The summed E-state index contributed by atoms with van der Waals surface area (Å²) >= 11 is 0. The minimum absolute atomic E-state index is 0.0739. The van der Waals surface area contributed by atoms with Gasteiger partial charge in [-0.15, -0.1) is 0 Å². The topological polar surface area (TPSA) is 63.0 Å². The number of hydrogen-bond donors (Lipinski definition) is 0. The monoisotopic (exact) mass is 258 g/mol. The Morgan fingerprint density at radius 2 is 2.16 bits per heavy atom. The number of esters is 1. The van der Waals surface area contributed by atoms with E-state index in [4.69, 9.17) is 10.00 Å². The van der Waals surface area contributed by atoms with Crippen molar-refractivity contribution in [3.05, 3.63) is 29.6 Å². The molecule has 1 aliphatic carbocycles. The molecule has 0 amide bonds. The van der Waals surface area contributed by atoms with Gasteiger partial charge in [0.05, 0.1) is 18.6 Å². The maximum atomic E-state index is 11.4. The molecule has 0 atom stereocenters. The maximum absolute atomic E-state index is 11.4. The van der Waals surface area contributed by atoms with Crippen LogP contribution in [0.4, 0.5) is 0 Å². The van der Waals surface area contributed by atoms with E-state index in [1.807, 2.05) is 12.3 Å². The van der Waals surface area contributed by atoms with Crippen LogP contribution in [0.5, 0.6) is 0 Å². The van der Waals surface area contributed by atoms with Gasteiger partial charge in [0.2, 0.25) is 0 Å². The van der Waals surface area contributed by atoms with Crippen LogP contribution in [0, 0.1) is 23.2 Å². The van der Waals surface area contributed by atoms with Crippen molar-refractivity contribution in [2.45, 2.75) is 32.1 Å². The van der Waals surface area contributed by atoms with Gasteiger partial charge in [0, 0.05) is 12.4 Å². The summed E-state index contributed by atoms with van der Waals surface area (Å²) < 4.78 is 4.79. The average Bonchev–Trinajstić information content (AvgIpc) is 2.47. The van der Waals surface area contributed by atoms with Gasteiger partial charge in [-0.2, -0.15) is 5.26 Å². The van der Waals surface area contributed by atoms with E-state index in [1.165, 1.54) is 7.11 Å². The zero-order valence-corrected chi connectivity index (χ0v) is 11.1. The first-order valence-corrected chi connectivity index (χ1v) is 6.64. The van der Waals surface area contributed by atoms with Crippen molar-refractivity contribution in [3.63, 3.8) is 0 Å². The molecule has 100 valence electrons. The molecule has 19 heavy (non-hydrogen) atoms. The molecule has 0 aromatic carbocycles. The SMILES string of the molecule is COC(=O)[C@H]1CC[C@H](Cc2cncc(C#N)c2)CC1. The number of hydrogen-bond acceptors (Lipinski definition) is 4. The van der Waals surface area contributed by atoms with Crippen molar-refractivity contribution in [1.82, 2.24) is 4.98 Å². The standard InChI is InChI=1S/C15H18N2O2/c1-19-15(18)14-4-2-11(3-5-14)6-12-7-13(8-16)10-17-9-12/h7,9-11,14H,2-6H2,1H3/t11-,14-. The molecule has 4 heteroatoms. The van der Waals surface area contributed by atoms with Crippen molar-refractivity contribution in [2.75, 3.05) is 7.11 Å². The molecule has 0 spiro atoms. The van der Waals surface area contributed by atoms with Crippen LogP contribution < -0.4 is 0 Å². The van der Waals surface area contributed by atoms with Crippen LogP contribution in [0.25, 0.3) is 0 Å². The van der Waals surface area contributed by atoms with E-state index < -0.39 is 0 Å². The first-order chi connectivity index (χ1) is 9.22. The number of aromatic nitrogens is 1. The predicted molar refractivity (Wildman–Crippen MR) is 70.1 cm³/mol. The van der Waals surface area contributed by atoms with Crippen LogP contribution in [0.1, 0.15) is 36.8 Å². The molecule has 0 unspecified atom stereocenters. The van der Waals surface area contributed by atoms with E-state index >= 15 is 0 Å². The number of nitriles is 1. The molecule has 1 fully saturated rings. The minimum atomic E-state index is -0.0772. The molecule has 1 heterocycles. The zero-order valence-electron chi connectivity index (χ0n) is 11.1. The van der Waals surface area contributed by atoms with Gasteiger partial charge in [0.1, 0.15) is 6.07 Å². The van der Waals surface area contributed by atoms with E-state index in [0.29, 0.717) is 11.5 Å². The Balaban J connectivity index is 1.89. The summed E-state index contributed by atoms with van der Waals surface area (Å²) in [6.45, 7) is 0. The second kappa shape index (κ2) is 6.33. The number of nitrogens with zero attached hydrogens (tertiary/aromatic N) is 2. The molecule has 1 aliphatic rings. The summed E-state index contributed by atoms with van der Waals surface area (Å²) in [5.74, 6) is 0.577. The van der Waals surface area contributed by atoms with E-state index in [0.717, 1.165) is 37.7 Å². The first kappa shape index (κ1) is 13.5. The zero-order chi connectivity index (χ0) is 13.7. The number of methoxy groups -OCH3 is 1. The lowest BCUT2D eigenvalue weighted by molar-refractivity contribution is -0.146. The van der Waals surface area contributed by atoms with Crippen molar-refractivity contribution in [1.29, 1.82) is 5.26 Å². The Labute approximate surface area is 113 Å². The molecule has 1 aromatic heterocycles. The van der Waals surface area contributed by atoms with E-state index in [-0.39, 0.29) is 11.9 Å². The highest BCUT2D eigenvalue weighted by molar-refractivity contribution is 5.72. The molecular formula is C15H18N2O2. The predicted octanol–water partition coefficient (Wildman–Crippen LogP) is 2.48. The summed E-state index contributed by atoms with van der Waals surface area (Å²) in [7, 11) is 1.45. The van der Waals surface area contributed by atoms with Gasteiger partial charge in [-0.05, 0) is 49.7 Å². The van der Waals surface area contributed by atoms with Crippen molar-refractivity contribution >= 4 is 5.97 Å². The van der Waals surface area contributed by atoms with Crippen LogP contribution in [0.15, 0.2) is 18.5 Å². The molecule has 0 radical (unpaired) electrons. The Morgan fingerprint density at radius 1 is 1.42 bits per heavy atom. The van der Waals surface area contributed by atoms with Crippen LogP contribution >= 0.6 is 0 Å². The molecular weight excluding hydrogens is 240 g/mol. The van der Waals surface area contributed by atoms with E-state index in [2.05, 4.69) is 11.1 Å². The maximum Gasteiger partial charge on any atom is 0.308 e. The second-order valence-electron chi connectivity index (χ2n) is 5.14. The highest BCUT2D eigenvalue weighted by Gasteiger charge is 2.26. The fraction of sp³-hybridized carbons (Fsp3) is 0.533. The lowest BCUT2D eigenvalue weighted by Crippen LogP contribution is -2.23. The third-order valence-electron chi connectivity index (χ3n) is 3.83. The third kappa shape index (κ3) is 3.54. The molecule has 0 saturated heterocycles. The van der Waals surface area contributed by atoms with Crippen LogP contribution in [-0.4, -0.2) is 18.1 Å². The van der Waals surface area contributed by atoms with Gasteiger partial charge < -0.3 is 4.74 Å². The van der Waals surface area contributed by atoms with Crippen LogP contribution in [0.2, 0.25) is 0 Å². The minimum Gasteiger partial charge on any atom is -0.469 e. The Morgan fingerprint density at radius 3 is 2.79 bits per heavy atom. The Hall–Kier alpha value is -1.89. The van der Waals surface area contributed by atoms with Gasteiger partial charge in [-0.3, -0.25) is 9.78 Å². The van der Waals surface area contributed by atoms with Crippen molar-refractivity contribution in [2.24, 2.45) is 11.8 Å². The Kier molecular flexibility index (Phi) is 4.51. The van der Waals surface area contributed by atoms with Gasteiger partial charge in [0.15, 0.2) is 0 Å². The molecule has 0 N–H and O–H groups in total. The molecule has 1 saturated carbocycles. The van der Waals surface area contributed by atoms with Gasteiger partial charge in [0.25, 0.3) is 0 Å². The van der Waals surface area contributed by atoms with Crippen molar-refractivity contribution < 1.29 is 9.53 Å². The first-order valence-electron chi connectivity index (χ1n) is 6.64. The molecule has 2 rings (SSSR count). The number of carbonyl (C=O) groups excluding carboxylic acids is 1. The number of ether oxygens (including phenoxy) is 1. The molecule has 4 nitrogen and oxygen atoms in total. The quantitative estimate of drug-likeness (QED) is 0.781. The van der Waals surface area contributed by atoms with E-state index in [9.17, 15) is 4.79 Å². The number of pyridine rings is 1. The smallest absolute Gasteiger partial charge is 0.308 e. The fourth-order valence-corrected chi connectivity index (χ4v) is 2.76. The summed E-state index contributed by atoms with van der Waals surface area (Å²) in [6.07, 6.45) is 8.24. The van der Waals surface area contributed by atoms with Gasteiger partial charge in [-0.1, -0.05) is 0 Å². The molecule has 0 aliphatic heterocycles. The lowest BCUT2D eigenvalue weighted by Gasteiger charge is -2.26. The van der Waals surface area contributed by atoms with Crippen LogP contribution in [-0.2, 0) is 16.0 Å². The summed E-state index contributed by atoms with van der Waals surface area (Å²) in [5.41, 5.74) is 1.72.